The zero-order valence-corrected chi connectivity index (χ0v) is 13.6. The van der Waals surface area contributed by atoms with Gasteiger partial charge < -0.3 is 4.74 Å². The maximum Gasteiger partial charge on any atom is 0.218 e. The molecule has 6 heteroatoms. The Morgan fingerprint density at radius 1 is 1.20 bits per heavy atom. The maximum absolute atomic E-state index is 12.5. The van der Waals surface area contributed by atoms with Crippen LogP contribution in [0, 0.1) is 5.92 Å². The van der Waals surface area contributed by atoms with Gasteiger partial charge in [-0.05, 0) is 31.7 Å². The summed E-state index contributed by atoms with van der Waals surface area (Å²) < 4.78 is 32.2. The predicted octanol–water partition coefficient (Wildman–Crippen LogP) is 1.16. The third kappa shape index (κ3) is 4.16. The molecule has 0 bridgehead atoms. The maximum atomic E-state index is 12.5. The van der Waals surface area contributed by atoms with Crippen molar-refractivity contribution in [3.05, 3.63) is 0 Å². The molecule has 0 saturated carbocycles. The van der Waals surface area contributed by atoms with Gasteiger partial charge in [0.25, 0.3) is 0 Å². The van der Waals surface area contributed by atoms with Gasteiger partial charge in [-0.2, -0.15) is 0 Å². The summed E-state index contributed by atoms with van der Waals surface area (Å²) in [5.74, 6) is 0.553. The number of rotatable bonds is 7. The highest BCUT2D eigenvalue weighted by Gasteiger charge is 2.37. The average molecular weight is 304 g/mol. The van der Waals surface area contributed by atoms with Crippen LogP contribution in [-0.2, 0) is 14.8 Å². The number of ether oxygens (including phenoxy) is 1. The minimum Gasteiger partial charge on any atom is -0.380 e. The largest absolute Gasteiger partial charge is 0.380 e. The van der Waals surface area contributed by atoms with Gasteiger partial charge in [0.05, 0.1) is 11.9 Å². The van der Waals surface area contributed by atoms with E-state index in [1.165, 1.54) is 0 Å². The van der Waals surface area contributed by atoms with E-state index < -0.39 is 10.0 Å². The molecule has 2 aliphatic heterocycles. The van der Waals surface area contributed by atoms with Crippen molar-refractivity contribution < 1.29 is 13.2 Å². The third-order valence-corrected chi connectivity index (χ3v) is 6.39. The standard InChI is InChI=1S/C14H28N2O3S/c1-13(2)12-19-10-9-15-8-5-14(11-15)20(17,18)16-6-3-4-7-16/h13-14H,3-12H2,1-2H3/t14-/m0/s1. The van der Waals surface area contributed by atoms with Gasteiger partial charge in [0, 0.05) is 32.8 Å². The summed E-state index contributed by atoms with van der Waals surface area (Å²) in [4.78, 5) is 2.22. The zero-order valence-electron chi connectivity index (χ0n) is 12.8. The van der Waals surface area contributed by atoms with Gasteiger partial charge in [0.1, 0.15) is 0 Å². The molecule has 20 heavy (non-hydrogen) atoms. The van der Waals surface area contributed by atoms with Crippen molar-refractivity contribution in [3.63, 3.8) is 0 Å². The van der Waals surface area contributed by atoms with Gasteiger partial charge in [-0.15, -0.1) is 0 Å². The molecule has 2 aliphatic rings. The quantitative estimate of drug-likeness (QED) is 0.662. The van der Waals surface area contributed by atoms with E-state index in [9.17, 15) is 8.42 Å². The molecule has 1 atom stereocenters. The van der Waals surface area contributed by atoms with Crippen LogP contribution < -0.4 is 0 Å². The topological polar surface area (TPSA) is 49.9 Å². The molecule has 0 aromatic carbocycles. The van der Waals surface area contributed by atoms with Crippen LogP contribution in [0.3, 0.4) is 0 Å². The Hall–Kier alpha value is -0.170. The van der Waals surface area contributed by atoms with Crippen LogP contribution >= 0.6 is 0 Å². The van der Waals surface area contributed by atoms with E-state index in [4.69, 9.17) is 4.74 Å². The highest BCUT2D eigenvalue weighted by atomic mass is 32.2. The monoisotopic (exact) mass is 304 g/mol. The molecule has 2 fully saturated rings. The number of hydrogen-bond acceptors (Lipinski definition) is 4. The number of nitrogens with zero attached hydrogens (tertiary/aromatic N) is 2. The second-order valence-electron chi connectivity index (χ2n) is 6.33. The van der Waals surface area contributed by atoms with Crippen LogP contribution in [0.5, 0.6) is 0 Å². The molecule has 0 aromatic rings. The van der Waals surface area contributed by atoms with Crippen LogP contribution in [0.2, 0.25) is 0 Å². The van der Waals surface area contributed by atoms with Gasteiger partial charge in [-0.3, -0.25) is 4.90 Å². The summed E-state index contributed by atoms with van der Waals surface area (Å²) >= 11 is 0. The fraction of sp³-hybridized carbons (Fsp3) is 1.00. The highest BCUT2D eigenvalue weighted by Crippen LogP contribution is 2.23. The van der Waals surface area contributed by atoms with Crippen molar-refractivity contribution in [2.75, 3.05) is 45.9 Å². The van der Waals surface area contributed by atoms with Gasteiger partial charge in [0.2, 0.25) is 10.0 Å². The van der Waals surface area contributed by atoms with Gasteiger partial charge in [-0.25, -0.2) is 12.7 Å². The lowest BCUT2D eigenvalue weighted by Crippen LogP contribution is -2.38. The lowest BCUT2D eigenvalue weighted by Gasteiger charge is -2.21. The van der Waals surface area contributed by atoms with E-state index in [0.29, 0.717) is 19.1 Å². The molecule has 0 amide bonds. The Bertz CT molecular complexity index is 391. The predicted molar refractivity (Wildman–Crippen MR) is 80.2 cm³/mol. The highest BCUT2D eigenvalue weighted by molar-refractivity contribution is 7.89. The Morgan fingerprint density at radius 2 is 1.90 bits per heavy atom. The molecule has 0 aliphatic carbocycles. The lowest BCUT2D eigenvalue weighted by molar-refractivity contribution is 0.0912. The SMILES string of the molecule is CC(C)COCCN1CC[C@H](S(=O)(=O)N2CCCC2)C1. The average Bonchev–Trinajstić information content (AvgIpc) is 3.05. The van der Waals surface area contributed by atoms with E-state index in [2.05, 4.69) is 18.7 Å². The van der Waals surface area contributed by atoms with Crippen molar-refractivity contribution in [1.82, 2.24) is 9.21 Å². The minimum atomic E-state index is -3.06. The van der Waals surface area contributed by atoms with Crippen molar-refractivity contribution in [2.45, 2.75) is 38.4 Å². The van der Waals surface area contributed by atoms with E-state index in [0.717, 1.165) is 52.0 Å². The Morgan fingerprint density at radius 3 is 2.55 bits per heavy atom. The molecule has 2 saturated heterocycles. The summed E-state index contributed by atoms with van der Waals surface area (Å²) in [6, 6.07) is 0. The number of likely N-dealkylation sites (tertiary alicyclic amines) is 1. The molecule has 0 N–H and O–H groups in total. The third-order valence-electron chi connectivity index (χ3n) is 4.08. The summed E-state index contributed by atoms with van der Waals surface area (Å²) in [5.41, 5.74) is 0. The Labute approximate surface area is 123 Å². The van der Waals surface area contributed by atoms with Gasteiger partial charge in [-0.1, -0.05) is 13.8 Å². The molecular weight excluding hydrogens is 276 g/mol. The first kappa shape index (κ1) is 16.2. The summed E-state index contributed by atoms with van der Waals surface area (Å²) in [7, 11) is -3.06. The van der Waals surface area contributed by atoms with E-state index in [1.54, 1.807) is 4.31 Å². The molecule has 2 rings (SSSR count). The van der Waals surface area contributed by atoms with E-state index in [1.807, 2.05) is 0 Å². The Balaban J connectivity index is 1.74. The van der Waals surface area contributed by atoms with Crippen LogP contribution in [0.4, 0.5) is 0 Å². The second kappa shape index (κ2) is 7.20. The van der Waals surface area contributed by atoms with Crippen molar-refractivity contribution in [2.24, 2.45) is 5.92 Å². The number of sulfonamides is 1. The first-order valence-electron chi connectivity index (χ1n) is 7.79. The lowest BCUT2D eigenvalue weighted by atomic mass is 10.2. The molecule has 0 radical (unpaired) electrons. The van der Waals surface area contributed by atoms with Gasteiger partial charge in [0.15, 0.2) is 0 Å². The first-order chi connectivity index (χ1) is 9.50. The fourth-order valence-electron chi connectivity index (χ4n) is 2.91. The summed E-state index contributed by atoms with van der Waals surface area (Å²) in [6.45, 7) is 9.58. The van der Waals surface area contributed by atoms with Crippen molar-refractivity contribution >= 4 is 10.0 Å². The molecule has 0 unspecified atom stereocenters. The fourth-order valence-corrected chi connectivity index (χ4v) is 4.90. The van der Waals surface area contributed by atoms with Crippen LogP contribution in [0.25, 0.3) is 0 Å². The normalized spacial score (nSPS) is 25.9. The van der Waals surface area contributed by atoms with E-state index in [-0.39, 0.29) is 5.25 Å². The second-order valence-corrected chi connectivity index (χ2v) is 8.54. The van der Waals surface area contributed by atoms with Crippen LogP contribution in [0.1, 0.15) is 33.1 Å². The smallest absolute Gasteiger partial charge is 0.218 e. The molecule has 2 heterocycles. The summed E-state index contributed by atoms with van der Waals surface area (Å²) in [5, 5.41) is -0.203. The molecule has 0 spiro atoms. The molecule has 0 aromatic heterocycles. The molecular formula is C14H28N2O3S. The van der Waals surface area contributed by atoms with Crippen LogP contribution in [-0.4, -0.2) is 68.8 Å². The summed E-state index contributed by atoms with van der Waals surface area (Å²) in [6.07, 6.45) is 2.79. The van der Waals surface area contributed by atoms with Gasteiger partial charge >= 0.3 is 0 Å². The minimum absolute atomic E-state index is 0.203. The number of hydrogen-bond donors (Lipinski definition) is 0. The van der Waals surface area contributed by atoms with E-state index >= 15 is 0 Å². The zero-order chi connectivity index (χ0) is 14.6. The van der Waals surface area contributed by atoms with Crippen LogP contribution in [0.15, 0.2) is 0 Å². The first-order valence-corrected chi connectivity index (χ1v) is 9.29. The Kier molecular flexibility index (Phi) is 5.84. The van der Waals surface area contributed by atoms with Crippen molar-refractivity contribution in [3.8, 4) is 0 Å². The molecule has 5 nitrogen and oxygen atoms in total. The molecule has 118 valence electrons. The van der Waals surface area contributed by atoms with Crippen molar-refractivity contribution in [1.29, 1.82) is 0 Å².